The molecule has 3 aromatic carbocycles. The number of tetrazole rings is 1. The largest absolute Gasteiger partial charge is 0.322 e. The zero-order valence-corrected chi connectivity index (χ0v) is 16.6. The maximum Gasteiger partial charge on any atom is 0.255 e. The number of carbonyl (C=O) groups is 1. The number of nitrogens with zero attached hydrogens (tertiary/aromatic N) is 4. The number of aryl methyl sites for hydroxylation is 1. The molecule has 4 aromatic rings. The van der Waals surface area contributed by atoms with E-state index in [-0.39, 0.29) is 5.91 Å². The first-order valence-electron chi connectivity index (χ1n) is 9.12. The van der Waals surface area contributed by atoms with Gasteiger partial charge in [0.1, 0.15) is 0 Å². The Morgan fingerprint density at radius 3 is 2.66 bits per heavy atom. The molecule has 1 aromatic heterocycles. The normalized spacial score (nSPS) is 10.7. The highest BCUT2D eigenvalue weighted by molar-refractivity contribution is 7.98. The minimum atomic E-state index is -0.121. The molecule has 0 saturated heterocycles. The van der Waals surface area contributed by atoms with Crippen LogP contribution in [0.1, 0.15) is 21.7 Å². The summed E-state index contributed by atoms with van der Waals surface area (Å²) in [4.78, 5) is 13.5. The van der Waals surface area contributed by atoms with E-state index >= 15 is 0 Å². The molecule has 0 bridgehead atoms. The average molecular weight is 401 g/mol. The van der Waals surface area contributed by atoms with Gasteiger partial charge in [-0.25, -0.2) is 0 Å². The van der Waals surface area contributed by atoms with Gasteiger partial charge in [-0.2, -0.15) is 4.68 Å². The van der Waals surface area contributed by atoms with Gasteiger partial charge in [-0.1, -0.05) is 42.0 Å². The molecule has 6 nitrogen and oxygen atoms in total. The van der Waals surface area contributed by atoms with Crippen molar-refractivity contribution < 1.29 is 4.79 Å². The van der Waals surface area contributed by atoms with Crippen molar-refractivity contribution in [3.8, 4) is 5.69 Å². The van der Waals surface area contributed by atoms with E-state index in [1.54, 1.807) is 16.4 Å². The minimum absolute atomic E-state index is 0.121. The molecule has 0 aliphatic heterocycles. The first-order valence-corrected chi connectivity index (χ1v) is 10.1. The van der Waals surface area contributed by atoms with Crippen molar-refractivity contribution in [2.45, 2.75) is 17.6 Å². The van der Waals surface area contributed by atoms with Gasteiger partial charge in [0.15, 0.2) is 5.82 Å². The topological polar surface area (TPSA) is 72.7 Å². The molecule has 1 N–H and O–H groups in total. The first-order chi connectivity index (χ1) is 14.2. The van der Waals surface area contributed by atoms with E-state index in [2.05, 4.69) is 20.8 Å². The second-order valence-corrected chi connectivity index (χ2v) is 7.53. The van der Waals surface area contributed by atoms with Crippen LogP contribution in [0.3, 0.4) is 0 Å². The number of anilines is 1. The predicted molar refractivity (Wildman–Crippen MR) is 114 cm³/mol. The van der Waals surface area contributed by atoms with Gasteiger partial charge in [0.2, 0.25) is 0 Å². The van der Waals surface area contributed by atoms with Crippen LogP contribution in [0.4, 0.5) is 5.69 Å². The summed E-state index contributed by atoms with van der Waals surface area (Å²) in [6.07, 6.45) is 0. The summed E-state index contributed by atoms with van der Waals surface area (Å²) in [5.41, 5.74) is 3.37. The van der Waals surface area contributed by atoms with Crippen LogP contribution < -0.4 is 5.32 Å². The lowest BCUT2D eigenvalue weighted by Gasteiger charge is -2.08. The van der Waals surface area contributed by atoms with Crippen molar-refractivity contribution in [1.29, 1.82) is 0 Å². The Morgan fingerprint density at radius 2 is 1.83 bits per heavy atom. The Kier molecular flexibility index (Phi) is 5.67. The summed E-state index contributed by atoms with van der Waals surface area (Å²) in [6.45, 7) is 1.97. The van der Waals surface area contributed by atoms with Gasteiger partial charge in [-0.15, -0.1) is 16.9 Å². The van der Waals surface area contributed by atoms with E-state index in [4.69, 9.17) is 0 Å². The van der Waals surface area contributed by atoms with Crippen LogP contribution in [-0.4, -0.2) is 26.1 Å². The minimum Gasteiger partial charge on any atom is -0.322 e. The van der Waals surface area contributed by atoms with E-state index in [0.29, 0.717) is 11.3 Å². The Morgan fingerprint density at radius 1 is 1.00 bits per heavy atom. The lowest BCUT2D eigenvalue weighted by atomic mass is 10.1. The number of para-hydroxylation sites is 1. The SMILES string of the molecule is Cc1cccc(C(=O)Nc2cccc(SCc3nnnn3-c3ccccc3)c2)c1. The summed E-state index contributed by atoms with van der Waals surface area (Å²) in [5.74, 6) is 1.25. The van der Waals surface area contributed by atoms with Crippen molar-refractivity contribution in [1.82, 2.24) is 20.2 Å². The summed E-state index contributed by atoms with van der Waals surface area (Å²) in [7, 11) is 0. The van der Waals surface area contributed by atoms with E-state index in [1.165, 1.54) is 0 Å². The van der Waals surface area contributed by atoms with E-state index < -0.39 is 0 Å². The Labute approximate surface area is 173 Å². The lowest BCUT2D eigenvalue weighted by Crippen LogP contribution is -2.11. The molecule has 1 amide bonds. The molecule has 0 fully saturated rings. The van der Waals surface area contributed by atoms with Crippen LogP contribution in [0.2, 0.25) is 0 Å². The second kappa shape index (κ2) is 8.70. The zero-order valence-electron chi connectivity index (χ0n) is 15.8. The molecule has 0 spiro atoms. The van der Waals surface area contributed by atoms with Crippen molar-refractivity contribution in [3.05, 3.63) is 95.8 Å². The number of nitrogens with one attached hydrogen (secondary N) is 1. The third-order valence-corrected chi connectivity index (χ3v) is 5.26. The van der Waals surface area contributed by atoms with Crippen molar-refractivity contribution in [3.63, 3.8) is 0 Å². The molecule has 0 radical (unpaired) electrons. The van der Waals surface area contributed by atoms with Crippen LogP contribution in [0.5, 0.6) is 0 Å². The second-order valence-electron chi connectivity index (χ2n) is 6.48. The number of hydrogen-bond donors (Lipinski definition) is 1. The standard InChI is InChI=1S/C22H19N5OS/c1-16-7-5-8-17(13-16)22(28)23-18-9-6-12-20(14-18)29-15-21-24-25-26-27(21)19-10-3-2-4-11-19/h2-14H,15H2,1H3,(H,23,28). The quantitative estimate of drug-likeness (QED) is 0.481. The van der Waals surface area contributed by atoms with Gasteiger partial charge in [0, 0.05) is 16.1 Å². The Balaban J connectivity index is 1.44. The fourth-order valence-electron chi connectivity index (χ4n) is 2.87. The van der Waals surface area contributed by atoms with Crippen molar-refractivity contribution in [2.24, 2.45) is 0 Å². The molecular formula is C22H19N5OS. The van der Waals surface area contributed by atoms with Crippen LogP contribution >= 0.6 is 11.8 Å². The first kappa shape index (κ1) is 18.9. The number of carbonyl (C=O) groups excluding carboxylic acids is 1. The number of aromatic nitrogens is 4. The molecule has 7 heteroatoms. The van der Waals surface area contributed by atoms with Crippen molar-refractivity contribution in [2.75, 3.05) is 5.32 Å². The lowest BCUT2D eigenvalue weighted by molar-refractivity contribution is 0.102. The maximum absolute atomic E-state index is 12.5. The van der Waals surface area contributed by atoms with Gasteiger partial charge >= 0.3 is 0 Å². The van der Waals surface area contributed by atoms with Gasteiger partial charge in [-0.3, -0.25) is 4.79 Å². The average Bonchev–Trinajstić information content (AvgIpc) is 3.22. The fourth-order valence-corrected chi connectivity index (χ4v) is 3.73. The molecule has 1 heterocycles. The fraction of sp³-hybridized carbons (Fsp3) is 0.0909. The maximum atomic E-state index is 12.5. The number of hydrogen-bond acceptors (Lipinski definition) is 5. The van der Waals surface area contributed by atoms with Gasteiger partial charge in [0.05, 0.1) is 11.4 Å². The molecule has 144 valence electrons. The summed E-state index contributed by atoms with van der Waals surface area (Å²) < 4.78 is 1.73. The zero-order chi connectivity index (χ0) is 20.1. The van der Waals surface area contributed by atoms with Crippen LogP contribution in [0, 0.1) is 6.92 Å². The third-order valence-electron chi connectivity index (χ3n) is 4.27. The van der Waals surface area contributed by atoms with Crippen molar-refractivity contribution >= 4 is 23.4 Å². The van der Waals surface area contributed by atoms with Crippen LogP contribution in [0.25, 0.3) is 5.69 Å². The van der Waals surface area contributed by atoms with E-state index in [1.807, 2.05) is 85.8 Å². The van der Waals surface area contributed by atoms with Gasteiger partial charge < -0.3 is 5.32 Å². The summed E-state index contributed by atoms with van der Waals surface area (Å²) in [5, 5.41) is 15.0. The number of benzene rings is 3. The summed E-state index contributed by atoms with van der Waals surface area (Å²) >= 11 is 1.61. The number of rotatable bonds is 6. The summed E-state index contributed by atoms with van der Waals surface area (Å²) in [6, 6.07) is 25.1. The predicted octanol–water partition coefficient (Wildman–Crippen LogP) is 4.52. The Bertz CT molecular complexity index is 1130. The molecule has 0 aliphatic rings. The Hall–Kier alpha value is -3.45. The smallest absolute Gasteiger partial charge is 0.255 e. The molecule has 29 heavy (non-hydrogen) atoms. The molecular weight excluding hydrogens is 382 g/mol. The molecule has 4 rings (SSSR count). The highest BCUT2D eigenvalue weighted by Crippen LogP contribution is 2.25. The molecule has 0 saturated carbocycles. The molecule has 0 unspecified atom stereocenters. The monoisotopic (exact) mass is 401 g/mol. The molecule has 0 aliphatic carbocycles. The molecule has 0 atom stereocenters. The van der Waals surface area contributed by atoms with Gasteiger partial charge in [0.25, 0.3) is 5.91 Å². The van der Waals surface area contributed by atoms with E-state index in [0.717, 1.165) is 27.7 Å². The highest BCUT2D eigenvalue weighted by atomic mass is 32.2. The number of amides is 1. The van der Waals surface area contributed by atoms with Gasteiger partial charge in [-0.05, 0) is 59.8 Å². The number of thioether (sulfide) groups is 1. The van der Waals surface area contributed by atoms with Crippen LogP contribution in [0.15, 0.2) is 83.8 Å². The highest BCUT2D eigenvalue weighted by Gasteiger charge is 2.10. The third kappa shape index (κ3) is 4.70. The van der Waals surface area contributed by atoms with Crippen LogP contribution in [-0.2, 0) is 5.75 Å². The van der Waals surface area contributed by atoms with E-state index in [9.17, 15) is 4.79 Å².